The second-order valence-electron chi connectivity index (χ2n) is 4.27. The van der Waals surface area contributed by atoms with E-state index in [2.05, 4.69) is 36.1 Å². The molecule has 3 nitrogen and oxygen atoms in total. The summed E-state index contributed by atoms with van der Waals surface area (Å²) in [4.78, 5) is 7.31. The number of aromatic nitrogens is 2. The third-order valence-electron chi connectivity index (χ3n) is 2.99. The van der Waals surface area contributed by atoms with E-state index in [9.17, 15) is 0 Å². The van der Waals surface area contributed by atoms with E-state index in [4.69, 9.17) is 0 Å². The monoisotopic (exact) mass is 209 g/mol. The Labute approximate surface area is 92.7 Å². The van der Waals surface area contributed by atoms with Gasteiger partial charge in [0.15, 0.2) is 0 Å². The molecule has 3 heteroatoms. The Bertz CT molecular complexity index is 243. The third kappa shape index (κ3) is 4.47. The first kappa shape index (κ1) is 12.2. The minimum Gasteiger partial charge on any atom is -0.348 e. The van der Waals surface area contributed by atoms with Crippen LogP contribution in [0, 0.1) is 5.92 Å². The molecule has 0 aromatic carbocycles. The van der Waals surface area contributed by atoms with E-state index in [1.807, 2.05) is 6.20 Å². The second kappa shape index (κ2) is 6.62. The zero-order chi connectivity index (χ0) is 11.1. The molecule has 0 saturated carbocycles. The highest BCUT2D eigenvalue weighted by molar-refractivity contribution is 4.86. The average molecular weight is 209 g/mol. The molecule has 0 radical (unpaired) electrons. The van der Waals surface area contributed by atoms with Crippen molar-refractivity contribution < 1.29 is 0 Å². The fourth-order valence-corrected chi connectivity index (χ4v) is 1.68. The van der Waals surface area contributed by atoms with Crippen LogP contribution >= 0.6 is 0 Å². The fourth-order valence-electron chi connectivity index (χ4n) is 1.68. The maximum absolute atomic E-state index is 4.20. The summed E-state index contributed by atoms with van der Waals surface area (Å²) in [5.74, 6) is 1.83. The summed E-state index contributed by atoms with van der Waals surface area (Å²) in [6, 6.07) is 0.616. The first-order valence-corrected chi connectivity index (χ1v) is 5.97. The molecule has 2 N–H and O–H groups in total. The van der Waals surface area contributed by atoms with Crippen LogP contribution < -0.4 is 5.32 Å². The van der Waals surface area contributed by atoms with Gasteiger partial charge in [-0.15, -0.1) is 0 Å². The summed E-state index contributed by atoms with van der Waals surface area (Å²) >= 11 is 0. The lowest BCUT2D eigenvalue weighted by molar-refractivity contribution is 0.381. The Morgan fingerprint density at radius 2 is 2.20 bits per heavy atom. The van der Waals surface area contributed by atoms with Crippen molar-refractivity contribution in [2.24, 2.45) is 5.92 Å². The number of nitrogens with one attached hydrogen (secondary N) is 2. The van der Waals surface area contributed by atoms with Crippen LogP contribution in [0.1, 0.15) is 45.9 Å². The molecule has 0 aliphatic rings. The normalized spacial score (nSPS) is 15.1. The van der Waals surface area contributed by atoms with E-state index in [1.54, 1.807) is 6.20 Å². The molecular formula is C12H23N3. The molecule has 2 atom stereocenters. The number of aromatic amines is 1. The zero-order valence-corrected chi connectivity index (χ0v) is 10.1. The lowest BCUT2D eigenvalue weighted by Gasteiger charge is -2.19. The molecule has 0 aliphatic carbocycles. The lowest BCUT2D eigenvalue weighted by Crippen LogP contribution is -2.30. The standard InChI is InChI=1S/C12H23N3/c1-4-10(3)8-11(5-2)15-9-12-13-6-7-14-12/h6-7,10-11,15H,4-5,8-9H2,1-3H3,(H,13,14). The number of H-pyrrole nitrogens is 1. The summed E-state index contributed by atoms with van der Waals surface area (Å²) in [6.07, 6.45) is 7.37. The molecule has 0 amide bonds. The Hall–Kier alpha value is -0.830. The van der Waals surface area contributed by atoms with Crippen LogP contribution in [0.4, 0.5) is 0 Å². The molecule has 1 aromatic heterocycles. The smallest absolute Gasteiger partial charge is 0.120 e. The fraction of sp³-hybridized carbons (Fsp3) is 0.750. The zero-order valence-electron chi connectivity index (χ0n) is 10.1. The topological polar surface area (TPSA) is 40.7 Å². The molecule has 1 heterocycles. The van der Waals surface area contributed by atoms with E-state index >= 15 is 0 Å². The molecular weight excluding hydrogens is 186 g/mol. The van der Waals surface area contributed by atoms with Gasteiger partial charge in [-0.05, 0) is 18.8 Å². The van der Waals surface area contributed by atoms with Crippen molar-refractivity contribution >= 4 is 0 Å². The number of rotatable bonds is 7. The van der Waals surface area contributed by atoms with Crippen molar-refractivity contribution in [3.05, 3.63) is 18.2 Å². The van der Waals surface area contributed by atoms with Gasteiger partial charge in [-0.1, -0.05) is 27.2 Å². The Kier molecular flexibility index (Phi) is 5.40. The maximum Gasteiger partial charge on any atom is 0.120 e. The predicted molar refractivity (Wildman–Crippen MR) is 63.6 cm³/mol. The second-order valence-corrected chi connectivity index (χ2v) is 4.27. The maximum atomic E-state index is 4.20. The molecule has 15 heavy (non-hydrogen) atoms. The molecule has 0 spiro atoms. The van der Waals surface area contributed by atoms with Gasteiger partial charge in [-0.2, -0.15) is 0 Å². The minimum atomic E-state index is 0.616. The van der Waals surface area contributed by atoms with E-state index < -0.39 is 0 Å². The highest BCUT2D eigenvalue weighted by atomic mass is 15.0. The van der Waals surface area contributed by atoms with Crippen LogP contribution in [0.5, 0.6) is 0 Å². The Balaban J connectivity index is 2.27. The lowest BCUT2D eigenvalue weighted by atomic mass is 9.98. The predicted octanol–water partition coefficient (Wildman–Crippen LogP) is 2.71. The molecule has 0 saturated heterocycles. The summed E-state index contributed by atoms with van der Waals surface area (Å²) in [6.45, 7) is 7.66. The van der Waals surface area contributed by atoms with Crippen LogP contribution in [0.2, 0.25) is 0 Å². The van der Waals surface area contributed by atoms with Gasteiger partial charge >= 0.3 is 0 Å². The molecule has 1 aromatic rings. The van der Waals surface area contributed by atoms with Crippen molar-refractivity contribution in [2.75, 3.05) is 0 Å². The summed E-state index contributed by atoms with van der Waals surface area (Å²) in [5.41, 5.74) is 0. The number of hydrogen-bond donors (Lipinski definition) is 2. The molecule has 0 aliphatic heterocycles. The minimum absolute atomic E-state index is 0.616. The van der Waals surface area contributed by atoms with Crippen molar-refractivity contribution in [3.8, 4) is 0 Å². The number of hydrogen-bond acceptors (Lipinski definition) is 2. The van der Waals surface area contributed by atoms with Gasteiger partial charge in [0, 0.05) is 18.4 Å². The SMILES string of the molecule is CCC(C)CC(CC)NCc1ncc[nH]1. The van der Waals surface area contributed by atoms with E-state index in [0.717, 1.165) is 18.3 Å². The van der Waals surface area contributed by atoms with Gasteiger partial charge in [0.25, 0.3) is 0 Å². The largest absolute Gasteiger partial charge is 0.348 e. The number of imidazole rings is 1. The van der Waals surface area contributed by atoms with Crippen molar-refractivity contribution in [3.63, 3.8) is 0 Å². The van der Waals surface area contributed by atoms with Gasteiger partial charge in [0.05, 0.1) is 6.54 Å². The molecule has 0 fully saturated rings. The Morgan fingerprint density at radius 1 is 1.40 bits per heavy atom. The molecule has 0 bridgehead atoms. The highest BCUT2D eigenvalue weighted by Crippen LogP contribution is 2.12. The van der Waals surface area contributed by atoms with Crippen LogP contribution in [0.15, 0.2) is 12.4 Å². The Morgan fingerprint density at radius 3 is 2.73 bits per heavy atom. The van der Waals surface area contributed by atoms with E-state index in [1.165, 1.54) is 19.3 Å². The van der Waals surface area contributed by atoms with Crippen LogP contribution in [-0.2, 0) is 6.54 Å². The summed E-state index contributed by atoms with van der Waals surface area (Å²) < 4.78 is 0. The quantitative estimate of drug-likeness (QED) is 0.725. The van der Waals surface area contributed by atoms with Gasteiger partial charge < -0.3 is 10.3 Å². The van der Waals surface area contributed by atoms with Crippen LogP contribution in [0.3, 0.4) is 0 Å². The van der Waals surface area contributed by atoms with Gasteiger partial charge in [0.2, 0.25) is 0 Å². The molecule has 2 unspecified atom stereocenters. The average Bonchev–Trinajstić information content (AvgIpc) is 2.76. The summed E-state index contributed by atoms with van der Waals surface area (Å²) in [5, 5.41) is 3.54. The highest BCUT2D eigenvalue weighted by Gasteiger charge is 2.09. The van der Waals surface area contributed by atoms with Gasteiger partial charge in [-0.3, -0.25) is 0 Å². The van der Waals surface area contributed by atoms with E-state index in [0.29, 0.717) is 6.04 Å². The third-order valence-corrected chi connectivity index (χ3v) is 2.99. The molecule has 86 valence electrons. The van der Waals surface area contributed by atoms with Crippen molar-refractivity contribution in [2.45, 2.75) is 52.6 Å². The first-order chi connectivity index (χ1) is 7.26. The van der Waals surface area contributed by atoms with Crippen LogP contribution in [-0.4, -0.2) is 16.0 Å². The summed E-state index contributed by atoms with van der Waals surface area (Å²) in [7, 11) is 0. The van der Waals surface area contributed by atoms with Crippen molar-refractivity contribution in [1.29, 1.82) is 0 Å². The molecule has 1 rings (SSSR count). The van der Waals surface area contributed by atoms with Crippen molar-refractivity contribution in [1.82, 2.24) is 15.3 Å². The van der Waals surface area contributed by atoms with E-state index in [-0.39, 0.29) is 0 Å². The van der Waals surface area contributed by atoms with Crippen LogP contribution in [0.25, 0.3) is 0 Å². The van der Waals surface area contributed by atoms with Gasteiger partial charge in [0.1, 0.15) is 5.82 Å². The number of nitrogens with zero attached hydrogens (tertiary/aromatic N) is 1. The van der Waals surface area contributed by atoms with Gasteiger partial charge in [-0.25, -0.2) is 4.98 Å². The first-order valence-electron chi connectivity index (χ1n) is 5.97.